The van der Waals surface area contributed by atoms with Crippen molar-refractivity contribution in [3.8, 4) is 11.5 Å². The molecule has 0 atom stereocenters. The van der Waals surface area contributed by atoms with Gasteiger partial charge in [0.1, 0.15) is 11.5 Å². The fraction of sp³-hybridized carbons (Fsp3) is 0.462. The molecule has 0 aliphatic carbocycles. The van der Waals surface area contributed by atoms with Crippen LogP contribution in [-0.2, 0) is 0 Å². The van der Waals surface area contributed by atoms with E-state index >= 15 is 0 Å². The minimum Gasteiger partial charge on any atom is -0.496 e. The highest BCUT2D eigenvalue weighted by Crippen LogP contribution is 2.29. The first-order valence-corrected chi connectivity index (χ1v) is 6.78. The summed E-state index contributed by atoms with van der Waals surface area (Å²) in [7, 11) is 3.18. The van der Waals surface area contributed by atoms with Gasteiger partial charge in [-0.05, 0) is 30.9 Å². The number of Topliss-reactive ketones (excluding diaryl/α,β-unsaturated/α-hetero) is 1. The maximum Gasteiger partial charge on any atom is 0.167 e. The molecule has 0 aliphatic heterocycles. The molecule has 0 amide bonds. The van der Waals surface area contributed by atoms with Crippen LogP contribution in [0.4, 0.5) is 0 Å². The van der Waals surface area contributed by atoms with E-state index in [1.807, 2.05) is 19.2 Å². The molecule has 1 rings (SSSR count). The third-order valence-corrected chi connectivity index (χ3v) is 3.16. The number of ketones is 1. The molecule has 17 heavy (non-hydrogen) atoms. The van der Waals surface area contributed by atoms with Crippen molar-refractivity contribution < 1.29 is 14.3 Å². The van der Waals surface area contributed by atoms with Crippen LogP contribution in [-0.4, -0.2) is 32.0 Å². The Kier molecular flexibility index (Phi) is 5.35. The van der Waals surface area contributed by atoms with Crippen LogP contribution in [0.25, 0.3) is 0 Å². The number of hydrogen-bond acceptors (Lipinski definition) is 4. The highest BCUT2D eigenvalue weighted by molar-refractivity contribution is 7.98. The van der Waals surface area contributed by atoms with E-state index in [1.54, 1.807) is 32.0 Å². The van der Waals surface area contributed by atoms with Gasteiger partial charge in [-0.1, -0.05) is 0 Å². The smallest absolute Gasteiger partial charge is 0.167 e. The summed E-state index contributed by atoms with van der Waals surface area (Å²) in [5, 5.41) is 0. The standard InChI is InChI=1S/C13H18O3S/c1-9-7-13(16-3)10(8-12(9)15-2)11(14)5-6-17-4/h7-8H,5-6H2,1-4H3. The average molecular weight is 254 g/mol. The van der Waals surface area contributed by atoms with E-state index in [4.69, 9.17) is 9.47 Å². The Morgan fingerprint density at radius 2 is 1.88 bits per heavy atom. The van der Waals surface area contributed by atoms with Crippen LogP contribution in [0.15, 0.2) is 12.1 Å². The highest BCUT2D eigenvalue weighted by atomic mass is 32.2. The molecular formula is C13H18O3S. The first-order chi connectivity index (χ1) is 8.13. The molecule has 94 valence electrons. The molecule has 3 nitrogen and oxygen atoms in total. The van der Waals surface area contributed by atoms with Gasteiger partial charge in [0.05, 0.1) is 19.8 Å². The van der Waals surface area contributed by atoms with Crippen molar-refractivity contribution in [3.05, 3.63) is 23.3 Å². The third-order valence-electron chi connectivity index (χ3n) is 2.55. The summed E-state index contributed by atoms with van der Waals surface area (Å²) in [6.07, 6.45) is 2.50. The fourth-order valence-corrected chi connectivity index (χ4v) is 1.99. The Hall–Kier alpha value is -1.16. The zero-order chi connectivity index (χ0) is 12.8. The maximum atomic E-state index is 12.0. The lowest BCUT2D eigenvalue weighted by molar-refractivity contribution is 0.0986. The second-order valence-corrected chi connectivity index (χ2v) is 4.67. The molecule has 0 aliphatic rings. The lowest BCUT2D eigenvalue weighted by Gasteiger charge is -2.12. The molecule has 0 spiro atoms. The first-order valence-electron chi connectivity index (χ1n) is 5.38. The Bertz CT molecular complexity index is 402. The molecule has 0 radical (unpaired) electrons. The predicted octanol–water partition coefficient (Wildman–Crippen LogP) is 2.95. The maximum absolute atomic E-state index is 12.0. The lowest BCUT2D eigenvalue weighted by atomic mass is 10.0. The van der Waals surface area contributed by atoms with Crippen LogP contribution >= 0.6 is 11.8 Å². The van der Waals surface area contributed by atoms with E-state index in [9.17, 15) is 4.79 Å². The van der Waals surface area contributed by atoms with Gasteiger partial charge in [-0.15, -0.1) is 0 Å². The molecule has 4 heteroatoms. The number of ether oxygens (including phenoxy) is 2. The van der Waals surface area contributed by atoms with Gasteiger partial charge in [0.2, 0.25) is 0 Å². The molecule has 0 heterocycles. The van der Waals surface area contributed by atoms with Crippen molar-refractivity contribution in [1.29, 1.82) is 0 Å². The Labute approximate surface area is 106 Å². The Morgan fingerprint density at radius 1 is 1.24 bits per heavy atom. The van der Waals surface area contributed by atoms with E-state index in [2.05, 4.69) is 0 Å². The fourth-order valence-electron chi connectivity index (χ4n) is 1.60. The molecule has 0 saturated heterocycles. The molecule has 0 saturated carbocycles. The highest BCUT2D eigenvalue weighted by Gasteiger charge is 2.15. The van der Waals surface area contributed by atoms with Gasteiger partial charge >= 0.3 is 0 Å². The largest absolute Gasteiger partial charge is 0.496 e. The average Bonchev–Trinajstić information content (AvgIpc) is 2.35. The molecular weight excluding hydrogens is 236 g/mol. The number of benzene rings is 1. The van der Waals surface area contributed by atoms with E-state index in [1.165, 1.54) is 0 Å². The van der Waals surface area contributed by atoms with E-state index in [0.717, 1.165) is 17.1 Å². The number of aryl methyl sites for hydroxylation is 1. The van der Waals surface area contributed by atoms with E-state index in [0.29, 0.717) is 17.7 Å². The monoisotopic (exact) mass is 254 g/mol. The Balaban J connectivity index is 3.07. The lowest BCUT2D eigenvalue weighted by Crippen LogP contribution is -2.05. The minimum atomic E-state index is 0.0921. The van der Waals surface area contributed by atoms with Crippen molar-refractivity contribution in [2.45, 2.75) is 13.3 Å². The molecule has 1 aromatic rings. The zero-order valence-corrected chi connectivity index (χ0v) is 11.5. The van der Waals surface area contributed by atoms with E-state index < -0.39 is 0 Å². The van der Waals surface area contributed by atoms with Crippen LogP contribution in [0, 0.1) is 6.92 Å². The molecule has 0 aromatic heterocycles. The second kappa shape index (κ2) is 6.55. The summed E-state index contributed by atoms with van der Waals surface area (Å²) < 4.78 is 10.5. The summed E-state index contributed by atoms with van der Waals surface area (Å²) in [5.74, 6) is 2.25. The predicted molar refractivity (Wildman–Crippen MR) is 71.6 cm³/mol. The number of methoxy groups -OCH3 is 2. The third kappa shape index (κ3) is 3.40. The molecule has 0 unspecified atom stereocenters. The van der Waals surface area contributed by atoms with Crippen molar-refractivity contribution >= 4 is 17.5 Å². The van der Waals surface area contributed by atoms with Crippen LogP contribution < -0.4 is 9.47 Å². The molecule has 0 N–H and O–H groups in total. The van der Waals surface area contributed by atoms with Gasteiger partial charge in [-0.3, -0.25) is 4.79 Å². The van der Waals surface area contributed by atoms with Gasteiger partial charge in [-0.2, -0.15) is 11.8 Å². The van der Waals surface area contributed by atoms with Gasteiger partial charge in [-0.25, -0.2) is 0 Å². The molecule has 1 aromatic carbocycles. The van der Waals surface area contributed by atoms with Crippen molar-refractivity contribution in [3.63, 3.8) is 0 Å². The number of thioether (sulfide) groups is 1. The van der Waals surface area contributed by atoms with Crippen molar-refractivity contribution in [2.75, 3.05) is 26.2 Å². The van der Waals surface area contributed by atoms with Crippen molar-refractivity contribution in [1.82, 2.24) is 0 Å². The zero-order valence-electron chi connectivity index (χ0n) is 10.7. The van der Waals surface area contributed by atoms with Gasteiger partial charge < -0.3 is 9.47 Å². The number of carbonyl (C=O) groups excluding carboxylic acids is 1. The summed E-state index contributed by atoms with van der Waals surface area (Å²) in [4.78, 5) is 12.0. The van der Waals surface area contributed by atoms with Crippen molar-refractivity contribution in [2.24, 2.45) is 0 Å². The second-order valence-electron chi connectivity index (χ2n) is 3.69. The molecule has 0 bridgehead atoms. The summed E-state index contributed by atoms with van der Waals surface area (Å²) >= 11 is 1.66. The number of carbonyl (C=O) groups is 1. The van der Waals surface area contributed by atoms with Gasteiger partial charge in [0, 0.05) is 12.2 Å². The topological polar surface area (TPSA) is 35.5 Å². The van der Waals surface area contributed by atoms with Gasteiger partial charge in [0.15, 0.2) is 5.78 Å². The summed E-state index contributed by atoms with van der Waals surface area (Å²) in [6, 6.07) is 3.60. The summed E-state index contributed by atoms with van der Waals surface area (Å²) in [6.45, 7) is 1.93. The van der Waals surface area contributed by atoms with Gasteiger partial charge in [0.25, 0.3) is 0 Å². The normalized spacial score (nSPS) is 10.1. The number of hydrogen-bond donors (Lipinski definition) is 0. The van der Waals surface area contributed by atoms with Crippen LogP contribution in [0.2, 0.25) is 0 Å². The van der Waals surface area contributed by atoms with Crippen LogP contribution in [0.3, 0.4) is 0 Å². The van der Waals surface area contributed by atoms with Crippen LogP contribution in [0.5, 0.6) is 11.5 Å². The quantitative estimate of drug-likeness (QED) is 0.731. The summed E-state index contributed by atoms with van der Waals surface area (Å²) in [5.41, 5.74) is 1.56. The molecule has 0 fully saturated rings. The Morgan fingerprint density at radius 3 is 2.41 bits per heavy atom. The minimum absolute atomic E-state index is 0.0921. The first kappa shape index (κ1) is 13.9. The van der Waals surface area contributed by atoms with Crippen LogP contribution in [0.1, 0.15) is 22.3 Å². The van der Waals surface area contributed by atoms with E-state index in [-0.39, 0.29) is 5.78 Å². The number of rotatable bonds is 6. The SMILES string of the molecule is COc1cc(C(=O)CCSC)c(OC)cc1C.